The lowest BCUT2D eigenvalue weighted by Crippen LogP contribution is -2.50. The molecular formula is C28H31F3N4O6S2. The first-order chi connectivity index (χ1) is 20.2. The molecule has 0 radical (unpaired) electrons. The Hall–Kier alpha value is -3.66. The number of aliphatic hydroxyl groups is 1. The van der Waals surface area contributed by atoms with Crippen LogP contribution in [-0.4, -0.2) is 73.6 Å². The van der Waals surface area contributed by atoms with E-state index in [1.807, 2.05) is 0 Å². The third kappa shape index (κ3) is 7.29. The molecule has 4 rings (SSSR count). The van der Waals surface area contributed by atoms with Crippen molar-refractivity contribution >= 4 is 44.7 Å². The molecule has 1 aliphatic heterocycles. The number of likely N-dealkylation sites (N-methyl/N-ethyl adjacent to an activating group) is 1. The number of carbonyl (C=O) groups excluding carboxylic acids is 2. The van der Waals surface area contributed by atoms with Crippen LogP contribution in [0.3, 0.4) is 0 Å². The third-order valence-electron chi connectivity index (χ3n) is 7.01. The number of nitrogens with zero attached hydrogens (tertiary/aromatic N) is 2. The van der Waals surface area contributed by atoms with Crippen LogP contribution < -0.4 is 15.4 Å². The number of aliphatic hydroxyl groups excluding tert-OH is 1. The molecule has 3 N–H and O–H groups in total. The highest BCUT2D eigenvalue weighted by molar-refractivity contribution is 7.91. The number of hydrogen-bond acceptors (Lipinski definition) is 7. The molecule has 0 unspecified atom stereocenters. The van der Waals surface area contributed by atoms with Crippen LogP contribution in [0.25, 0.3) is 0 Å². The van der Waals surface area contributed by atoms with Gasteiger partial charge in [0.2, 0.25) is 0 Å². The Balaban J connectivity index is 1.65. The third-order valence-corrected chi connectivity index (χ3v) is 10.2. The number of halogens is 3. The van der Waals surface area contributed by atoms with E-state index in [1.54, 1.807) is 25.3 Å². The van der Waals surface area contributed by atoms with Crippen molar-refractivity contribution in [2.75, 3.05) is 37.4 Å². The fourth-order valence-corrected chi connectivity index (χ4v) is 6.89. The molecule has 0 spiro atoms. The van der Waals surface area contributed by atoms with Crippen molar-refractivity contribution in [2.24, 2.45) is 5.92 Å². The number of alkyl halides is 3. The minimum atomic E-state index is -4.53. The van der Waals surface area contributed by atoms with E-state index in [0.29, 0.717) is 0 Å². The molecule has 10 nitrogen and oxygen atoms in total. The van der Waals surface area contributed by atoms with Gasteiger partial charge in [0, 0.05) is 25.2 Å². The van der Waals surface area contributed by atoms with E-state index in [1.165, 1.54) is 36.2 Å². The maximum Gasteiger partial charge on any atom is 0.416 e. The standard InChI is InChI=1S/C28H31F3N4O6S2/c1-17-14-35(18(2)16-36)26(37)21-6-4-7-22(33-27(38)32-20-11-9-19(10-12-20)28(29,30)31)25(21)41-23(17)15-34(3)43(39,40)24-8-5-13-42-24/h4-13,17-18,23,36H,14-16H2,1-3H3,(H2,32,33,38)/t17-,18+,23-/m1/s1. The minimum Gasteiger partial charge on any atom is -0.486 e. The summed E-state index contributed by atoms with van der Waals surface area (Å²) >= 11 is 1.08. The Morgan fingerprint density at radius 1 is 1.16 bits per heavy atom. The number of urea groups is 1. The predicted molar refractivity (Wildman–Crippen MR) is 156 cm³/mol. The SMILES string of the molecule is C[C@@H]1CN([C@@H](C)CO)C(=O)c2cccc(NC(=O)Nc3ccc(C(F)(F)F)cc3)c2O[C@@H]1CN(C)S(=O)(=O)c1cccs1. The predicted octanol–water partition coefficient (Wildman–Crippen LogP) is 4.95. The molecule has 15 heteroatoms. The Morgan fingerprint density at radius 3 is 2.47 bits per heavy atom. The number of amides is 3. The second kappa shape index (κ2) is 12.9. The Labute approximate surface area is 251 Å². The number of para-hydroxylation sites is 1. The number of rotatable bonds is 8. The summed E-state index contributed by atoms with van der Waals surface area (Å²) in [7, 11) is -2.41. The van der Waals surface area contributed by atoms with Gasteiger partial charge in [0.25, 0.3) is 15.9 Å². The van der Waals surface area contributed by atoms with Crippen molar-refractivity contribution in [1.82, 2.24) is 9.21 Å². The lowest BCUT2D eigenvalue weighted by atomic mass is 9.99. The van der Waals surface area contributed by atoms with Gasteiger partial charge in [0.05, 0.1) is 36.0 Å². The molecule has 1 aliphatic rings. The van der Waals surface area contributed by atoms with Gasteiger partial charge < -0.3 is 25.4 Å². The van der Waals surface area contributed by atoms with Gasteiger partial charge in [-0.15, -0.1) is 11.3 Å². The van der Waals surface area contributed by atoms with Crippen molar-refractivity contribution < 1.29 is 41.0 Å². The molecule has 232 valence electrons. The van der Waals surface area contributed by atoms with Crippen molar-refractivity contribution in [3.05, 3.63) is 71.1 Å². The Kier molecular flexibility index (Phi) is 9.69. The zero-order chi connectivity index (χ0) is 31.5. The molecule has 3 aromatic rings. The van der Waals surface area contributed by atoms with Crippen LogP contribution in [0.4, 0.5) is 29.3 Å². The molecule has 0 saturated heterocycles. The summed E-state index contributed by atoms with van der Waals surface area (Å²) < 4.78 is 72.7. The van der Waals surface area contributed by atoms with Crippen LogP contribution in [0.1, 0.15) is 29.8 Å². The highest BCUT2D eigenvalue weighted by Crippen LogP contribution is 2.36. The normalized spacial score (nSPS) is 18.3. The van der Waals surface area contributed by atoms with E-state index >= 15 is 0 Å². The summed E-state index contributed by atoms with van der Waals surface area (Å²) in [6.07, 6.45) is -5.32. The second-order valence-electron chi connectivity index (χ2n) is 10.2. The van der Waals surface area contributed by atoms with Crippen LogP contribution in [-0.2, 0) is 16.2 Å². The topological polar surface area (TPSA) is 128 Å². The molecule has 0 bridgehead atoms. The Bertz CT molecular complexity index is 1550. The Morgan fingerprint density at radius 2 is 1.86 bits per heavy atom. The van der Waals surface area contributed by atoms with E-state index in [9.17, 15) is 36.3 Å². The maximum absolute atomic E-state index is 13.6. The molecule has 3 amide bonds. The van der Waals surface area contributed by atoms with E-state index in [4.69, 9.17) is 4.74 Å². The van der Waals surface area contributed by atoms with Gasteiger partial charge in [0.15, 0.2) is 5.75 Å². The summed E-state index contributed by atoms with van der Waals surface area (Å²) in [5.74, 6) is -0.891. The number of nitrogens with one attached hydrogen (secondary N) is 2. The van der Waals surface area contributed by atoms with E-state index < -0.39 is 51.8 Å². The number of ether oxygens (including phenoxy) is 1. The van der Waals surface area contributed by atoms with Gasteiger partial charge in [0.1, 0.15) is 10.3 Å². The summed E-state index contributed by atoms with van der Waals surface area (Å²) in [6, 6.07) is 10.1. The highest BCUT2D eigenvalue weighted by atomic mass is 32.2. The van der Waals surface area contributed by atoms with Crippen LogP contribution in [0.2, 0.25) is 0 Å². The molecule has 0 saturated carbocycles. The van der Waals surface area contributed by atoms with Gasteiger partial charge >= 0.3 is 12.2 Å². The number of thiophene rings is 1. The monoisotopic (exact) mass is 640 g/mol. The lowest BCUT2D eigenvalue weighted by Gasteiger charge is -2.38. The summed E-state index contributed by atoms with van der Waals surface area (Å²) in [5.41, 5.74) is -0.623. The fourth-order valence-electron chi connectivity index (χ4n) is 4.50. The van der Waals surface area contributed by atoms with Crippen molar-refractivity contribution in [2.45, 2.75) is 36.4 Å². The maximum atomic E-state index is 13.6. The van der Waals surface area contributed by atoms with Crippen molar-refractivity contribution in [3.8, 4) is 5.75 Å². The molecule has 0 aliphatic carbocycles. The quantitative estimate of drug-likeness (QED) is 0.320. The van der Waals surface area contributed by atoms with Crippen LogP contribution >= 0.6 is 11.3 Å². The minimum absolute atomic E-state index is 0.0105. The van der Waals surface area contributed by atoms with E-state index in [-0.39, 0.29) is 46.6 Å². The highest BCUT2D eigenvalue weighted by Gasteiger charge is 2.36. The number of fused-ring (bicyclic) bond motifs is 1. The largest absolute Gasteiger partial charge is 0.486 e. The molecule has 2 heterocycles. The van der Waals surface area contributed by atoms with E-state index in [2.05, 4.69) is 10.6 Å². The molecule has 0 fully saturated rings. The molecule has 1 aromatic heterocycles. The first kappa shape index (κ1) is 32.3. The first-order valence-corrected chi connectivity index (χ1v) is 15.5. The average Bonchev–Trinajstić information content (AvgIpc) is 3.51. The second-order valence-corrected chi connectivity index (χ2v) is 13.4. The number of hydrogen-bond donors (Lipinski definition) is 3. The van der Waals surface area contributed by atoms with Crippen molar-refractivity contribution in [1.29, 1.82) is 0 Å². The van der Waals surface area contributed by atoms with E-state index in [0.717, 1.165) is 39.9 Å². The van der Waals surface area contributed by atoms with Gasteiger partial charge in [-0.25, -0.2) is 13.2 Å². The fraction of sp³-hybridized carbons (Fsp3) is 0.357. The molecule has 2 aromatic carbocycles. The van der Waals surface area contributed by atoms with Gasteiger partial charge in [-0.1, -0.05) is 19.1 Å². The summed E-state index contributed by atoms with van der Waals surface area (Å²) in [5, 5.41) is 16.5. The number of anilines is 2. The summed E-state index contributed by atoms with van der Waals surface area (Å²) in [6.45, 7) is 3.21. The van der Waals surface area contributed by atoms with Gasteiger partial charge in [-0.05, 0) is 54.8 Å². The van der Waals surface area contributed by atoms with Crippen LogP contribution in [0.5, 0.6) is 5.75 Å². The smallest absolute Gasteiger partial charge is 0.416 e. The zero-order valence-corrected chi connectivity index (χ0v) is 25.1. The lowest BCUT2D eigenvalue weighted by molar-refractivity contribution is -0.137. The van der Waals surface area contributed by atoms with Gasteiger partial charge in [-0.3, -0.25) is 4.79 Å². The molecular weight excluding hydrogens is 609 g/mol. The van der Waals surface area contributed by atoms with Gasteiger partial charge in [-0.2, -0.15) is 17.5 Å². The summed E-state index contributed by atoms with van der Waals surface area (Å²) in [4.78, 5) is 28.0. The zero-order valence-electron chi connectivity index (χ0n) is 23.5. The average molecular weight is 641 g/mol. The first-order valence-electron chi connectivity index (χ1n) is 13.2. The number of benzene rings is 2. The molecule has 3 atom stereocenters. The van der Waals surface area contributed by atoms with Crippen LogP contribution in [0.15, 0.2) is 64.2 Å². The number of sulfonamides is 1. The van der Waals surface area contributed by atoms with Crippen LogP contribution in [0, 0.1) is 5.92 Å². The molecule has 43 heavy (non-hydrogen) atoms. The van der Waals surface area contributed by atoms with Crippen molar-refractivity contribution in [3.63, 3.8) is 0 Å². The number of carbonyl (C=O) groups is 2.